The second kappa shape index (κ2) is 5.49. The van der Waals surface area contributed by atoms with Crippen molar-refractivity contribution in [3.63, 3.8) is 0 Å². The minimum absolute atomic E-state index is 0.292. The summed E-state index contributed by atoms with van der Waals surface area (Å²) in [7, 11) is 0. The highest BCUT2D eigenvalue weighted by Gasteiger charge is 2.24. The molecular weight excluding hydrogens is 194 g/mol. The van der Waals surface area contributed by atoms with Crippen LogP contribution in [0.2, 0.25) is 0 Å². The predicted molar refractivity (Wildman–Crippen MR) is 71.7 cm³/mol. The number of rotatable bonds is 5. The summed E-state index contributed by atoms with van der Waals surface area (Å²) >= 11 is 0. The molecule has 0 bridgehead atoms. The average molecular weight is 219 g/mol. The minimum Gasteiger partial charge on any atom is -0.330 e. The molecule has 0 amide bonds. The van der Waals surface area contributed by atoms with Crippen LogP contribution in [0.1, 0.15) is 43.4 Å². The zero-order valence-corrected chi connectivity index (χ0v) is 11.1. The third-order valence-electron chi connectivity index (χ3n) is 3.79. The van der Waals surface area contributed by atoms with Crippen LogP contribution in [0.5, 0.6) is 0 Å². The maximum absolute atomic E-state index is 5.95. The van der Waals surface area contributed by atoms with Crippen molar-refractivity contribution in [3.05, 3.63) is 34.9 Å². The van der Waals surface area contributed by atoms with Gasteiger partial charge in [0.15, 0.2) is 0 Å². The molecule has 2 N–H and O–H groups in total. The van der Waals surface area contributed by atoms with E-state index in [1.165, 1.54) is 16.7 Å². The quantitative estimate of drug-likeness (QED) is 0.804. The van der Waals surface area contributed by atoms with Crippen LogP contribution in [-0.2, 0) is 6.42 Å². The number of aryl methyl sites for hydroxylation is 2. The molecule has 1 nitrogen and oxygen atoms in total. The van der Waals surface area contributed by atoms with Crippen molar-refractivity contribution >= 4 is 0 Å². The van der Waals surface area contributed by atoms with Gasteiger partial charge in [0.05, 0.1) is 0 Å². The Morgan fingerprint density at radius 1 is 1.00 bits per heavy atom. The molecule has 0 unspecified atom stereocenters. The smallest absolute Gasteiger partial charge is 0.00175 e. The Labute approximate surface area is 100 Å². The summed E-state index contributed by atoms with van der Waals surface area (Å²) in [4.78, 5) is 0. The summed E-state index contributed by atoms with van der Waals surface area (Å²) in [5.74, 6) is 0. The van der Waals surface area contributed by atoms with Gasteiger partial charge in [0, 0.05) is 0 Å². The summed E-state index contributed by atoms with van der Waals surface area (Å²) in [6, 6.07) is 6.82. The maximum Gasteiger partial charge on any atom is -0.00175 e. The summed E-state index contributed by atoms with van der Waals surface area (Å²) < 4.78 is 0. The first kappa shape index (κ1) is 13.2. The van der Waals surface area contributed by atoms with Crippen LogP contribution in [0.25, 0.3) is 0 Å². The van der Waals surface area contributed by atoms with Crippen molar-refractivity contribution in [2.75, 3.05) is 6.54 Å². The molecule has 90 valence electrons. The Hall–Kier alpha value is -0.820. The van der Waals surface area contributed by atoms with Gasteiger partial charge in [-0.25, -0.2) is 0 Å². The molecule has 1 aromatic rings. The largest absolute Gasteiger partial charge is 0.330 e. The van der Waals surface area contributed by atoms with E-state index in [0.29, 0.717) is 5.41 Å². The molecule has 0 spiro atoms. The van der Waals surface area contributed by atoms with E-state index in [4.69, 9.17) is 5.73 Å². The summed E-state index contributed by atoms with van der Waals surface area (Å²) in [5, 5.41) is 0. The summed E-state index contributed by atoms with van der Waals surface area (Å²) in [5.41, 5.74) is 10.4. The zero-order chi connectivity index (χ0) is 12.2. The van der Waals surface area contributed by atoms with E-state index in [1.807, 2.05) is 0 Å². The lowest BCUT2D eigenvalue weighted by molar-refractivity contribution is 0.271. The van der Waals surface area contributed by atoms with Gasteiger partial charge in [0.2, 0.25) is 0 Å². The van der Waals surface area contributed by atoms with Gasteiger partial charge in [-0.2, -0.15) is 0 Å². The minimum atomic E-state index is 0.292. The first-order valence-electron chi connectivity index (χ1n) is 6.32. The maximum atomic E-state index is 5.95. The van der Waals surface area contributed by atoms with Gasteiger partial charge in [0.1, 0.15) is 0 Å². The van der Waals surface area contributed by atoms with Crippen LogP contribution in [-0.4, -0.2) is 6.54 Å². The van der Waals surface area contributed by atoms with Gasteiger partial charge in [-0.15, -0.1) is 0 Å². The molecule has 0 atom stereocenters. The molecule has 0 radical (unpaired) electrons. The molecule has 0 saturated carbocycles. The molecule has 0 aliphatic heterocycles. The van der Waals surface area contributed by atoms with E-state index in [0.717, 1.165) is 25.8 Å². The Bertz CT molecular complexity index is 309. The highest BCUT2D eigenvalue weighted by Crippen LogP contribution is 2.30. The van der Waals surface area contributed by atoms with Crippen molar-refractivity contribution in [1.82, 2.24) is 0 Å². The van der Waals surface area contributed by atoms with Gasteiger partial charge in [-0.1, -0.05) is 43.2 Å². The van der Waals surface area contributed by atoms with Crippen LogP contribution in [0.4, 0.5) is 0 Å². The molecule has 1 heteroatoms. The van der Waals surface area contributed by atoms with Crippen LogP contribution in [0, 0.1) is 19.3 Å². The third kappa shape index (κ3) is 3.08. The van der Waals surface area contributed by atoms with Gasteiger partial charge >= 0.3 is 0 Å². The van der Waals surface area contributed by atoms with E-state index < -0.39 is 0 Å². The van der Waals surface area contributed by atoms with Crippen LogP contribution >= 0.6 is 0 Å². The standard InChI is InChI=1S/C15H25N/c1-5-15(6-2,11-16)10-14-8-12(3)7-13(4)9-14/h7-9H,5-6,10-11,16H2,1-4H3. The second-order valence-corrected chi connectivity index (χ2v) is 5.08. The molecule has 0 aliphatic carbocycles. The highest BCUT2D eigenvalue weighted by atomic mass is 14.6. The van der Waals surface area contributed by atoms with Gasteiger partial charge < -0.3 is 5.73 Å². The number of hydrogen-bond donors (Lipinski definition) is 1. The van der Waals surface area contributed by atoms with Crippen LogP contribution in [0.15, 0.2) is 18.2 Å². The van der Waals surface area contributed by atoms with Crippen molar-refractivity contribution in [2.45, 2.75) is 47.0 Å². The Morgan fingerprint density at radius 3 is 1.88 bits per heavy atom. The van der Waals surface area contributed by atoms with E-state index in [1.54, 1.807) is 0 Å². The van der Waals surface area contributed by atoms with Gasteiger partial charge in [0.25, 0.3) is 0 Å². The molecule has 0 heterocycles. The van der Waals surface area contributed by atoms with E-state index in [9.17, 15) is 0 Å². The van der Waals surface area contributed by atoms with Crippen LogP contribution < -0.4 is 5.73 Å². The molecule has 16 heavy (non-hydrogen) atoms. The lowest BCUT2D eigenvalue weighted by Gasteiger charge is -2.30. The van der Waals surface area contributed by atoms with Gasteiger partial charge in [-0.05, 0) is 50.6 Å². The SMILES string of the molecule is CCC(CC)(CN)Cc1cc(C)cc(C)c1. The average Bonchev–Trinajstić information content (AvgIpc) is 2.25. The fraction of sp³-hybridized carbons (Fsp3) is 0.600. The zero-order valence-electron chi connectivity index (χ0n) is 11.1. The predicted octanol–water partition coefficient (Wildman–Crippen LogP) is 3.61. The first-order chi connectivity index (χ1) is 7.55. The van der Waals surface area contributed by atoms with Crippen LogP contribution in [0.3, 0.4) is 0 Å². The Morgan fingerprint density at radius 2 is 1.50 bits per heavy atom. The fourth-order valence-corrected chi connectivity index (χ4v) is 2.46. The second-order valence-electron chi connectivity index (χ2n) is 5.08. The summed E-state index contributed by atoms with van der Waals surface area (Å²) in [6.45, 7) is 9.61. The number of hydrogen-bond acceptors (Lipinski definition) is 1. The monoisotopic (exact) mass is 219 g/mol. The fourth-order valence-electron chi connectivity index (χ4n) is 2.46. The van der Waals surface area contributed by atoms with Crippen molar-refractivity contribution in [1.29, 1.82) is 0 Å². The molecular formula is C15H25N. The lowest BCUT2D eigenvalue weighted by Crippen LogP contribution is -2.31. The van der Waals surface area contributed by atoms with Gasteiger partial charge in [-0.3, -0.25) is 0 Å². The van der Waals surface area contributed by atoms with E-state index in [2.05, 4.69) is 45.9 Å². The normalized spacial score (nSPS) is 11.8. The lowest BCUT2D eigenvalue weighted by atomic mass is 9.77. The molecule has 1 aromatic carbocycles. The van der Waals surface area contributed by atoms with Crippen molar-refractivity contribution < 1.29 is 0 Å². The van der Waals surface area contributed by atoms with Crippen molar-refractivity contribution in [3.8, 4) is 0 Å². The first-order valence-corrected chi connectivity index (χ1v) is 6.32. The summed E-state index contributed by atoms with van der Waals surface area (Å²) in [6.07, 6.45) is 3.43. The van der Waals surface area contributed by atoms with Crippen molar-refractivity contribution in [2.24, 2.45) is 11.1 Å². The molecule has 1 rings (SSSR count). The molecule has 0 aromatic heterocycles. The van der Waals surface area contributed by atoms with E-state index in [-0.39, 0.29) is 0 Å². The molecule has 0 saturated heterocycles. The Balaban J connectivity index is 2.93. The third-order valence-corrected chi connectivity index (χ3v) is 3.79. The molecule has 0 fully saturated rings. The highest BCUT2D eigenvalue weighted by molar-refractivity contribution is 5.29. The number of benzene rings is 1. The molecule has 0 aliphatic rings. The number of nitrogens with two attached hydrogens (primary N) is 1. The van der Waals surface area contributed by atoms with E-state index >= 15 is 0 Å². The Kier molecular flexibility index (Phi) is 4.55. The topological polar surface area (TPSA) is 26.0 Å².